The molecule has 1 fully saturated rings. The van der Waals surface area contributed by atoms with Crippen molar-refractivity contribution in [2.45, 2.75) is 43.2 Å². The highest BCUT2D eigenvalue weighted by atomic mass is 32.2. The molecule has 2 heterocycles. The largest absolute Gasteiger partial charge is 0.444 e. The normalized spacial score (nSPS) is 18.9. The second kappa shape index (κ2) is 5.83. The average Bonchev–Trinajstić information content (AvgIpc) is 3.02. The summed E-state index contributed by atoms with van der Waals surface area (Å²) in [6.45, 7) is 7.12. The van der Waals surface area contributed by atoms with E-state index < -0.39 is 5.60 Å². The zero-order valence-corrected chi connectivity index (χ0v) is 13.9. The number of para-hydroxylation sites is 2. The summed E-state index contributed by atoms with van der Waals surface area (Å²) in [5, 5.41) is 1.27. The fraction of sp³-hybridized carbons (Fsp3) is 0.500. The first-order valence-corrected chi connectivity index (χ1v) is 8.38. The lowest BCUT2D eigenvalue weighted by Crippen LogP contribution is -2.35. The number of likely N-dealkylation sites (tertiary alicyclic amines) is 1. The van der Waals surface area contributed by atoms with Crippen LogP contribution >= 0.6 is 11.8 Å². The van der Waals surface area contributed by atoms with Crippen LogP contribution in [-0.2, 0) is 4.74 Å². The van der Waals surface area contributed by atoms with Crippen LogP contribution in [0, 0.1) is 0 Å². The number of nitrogens with one attached hydrogen (secondary N) is 1. The predicted molar refractivity (Wildman–Crippen MR) is 88.2 cm³/mol. The lowest BCUT2D eigenvalue weighted by molar-refractivity contribution is 0.0295. The van der Waals surface area contributed by atoms with E-state index in [2.05, 4.69) is 9.97 Å². The minimum Gasteiger partial charge on any atom is -0.444 e. The second-order valence-electron chi connectivity index (χ2n) is 6.51. The predicted octanol–water partition coefficient (Wildman–Crippen LogP) is 3.66. The number of amides is 1. The van der Waals surface area contributed by atoms with Gasteiger partial charge < -0.3 is 14.6 Å². The number of imidazole rings is 1. The lowest BCUT2D eigenvalue weighted by atomic mass is 10.2. The number of aromatic nitrogens is 2. The first-order chi connectivity index (χ1) is 10.4. The summed E-state index contributed by atoms with van der Waals surface area (Å²) < 4.78 is 5.42. The number of rotatable bonds is 2. The topological polar surface area (TPSA) is 58.2 Å². The number of ether oxygens (including phenoxy) is 1. The van der Waals surface area contributed by atoms with Crippen LogP contribution in [0.25, 0.3) is 11.0 Å². The fourth-order valence-electron chi connectivity index (χ4n) is 2.46. The van der Waals surface area contributed by atoms with Crippen molar-refractivity contribution in [2.75, 3.05) is 13.1 Å². The molecule has 3 rings (SSSR count). The highest BCUT2D eigenvalue weighted by Gasteiger charge is 2.30. The Morgan fingerprint density at radius 1 is 1.41 bits per heavy atom. The van der Waals surface area contributed by atoms with Gasteiger partial charge in [-0.05, 0) is 39.3 Å². The van der Waals surface area contributed by atoms with Gasteiger partial charge in [0.05, 0.1) is 11.0 Å². The second-order valence-corrected chi connectivity index (χ2v) is 7.80. The van der Waals surface area contributed by atoms with E-state index in [4.69, 9.17) is 4.74 Å². The van der Waals surface area contributed by atoms with Crippen LogP contribution in [0.1, 0.15) is 27.2 Å². The Hall–Kier alpha value is -1.69. The molecule has 2 aromatic rings. The number of carbonyl (C=O) groups excluding carboxylic acids is 1. The number of H-pyrrole nitrogens is 1. The van der Waals surface area contributed by atoms with Crippen LogP contribution < -0.4 is 0 Å². The van der Waals surface area contributed by atoms with E-state index in [1.807, 2.05) is 45.0 Å². The van der Waals surface area contributed by atoms with Gasteiger partial charge in [0.1, 0.15) is 5.60 Å². The molecule has 0 bridgehead atoms. The Morgan fingerprint density at radius 2 is 2.18 bits per heavy atom. The van der Waals surface area contributed by atoms with Crippen molar-refractivity contribution in [3.05, 3.63) is 24.3 Å². The number of hydrogen-bond acceptors (Lipinski definition) is 4. The van der Waals surface area contributed by atoms with Crippen LogP contribution in [0.3, 0.4) is 0 Å². The van der Waals surface area contributed by atoms with Gasteiger partial charge in [-0.15, -0.1) is 0 Å². The van der Waals surface area contributed by atoms with E-state index in [0.717, 1.165) is 29.2 Å². The van der Waals surface area contributed by atoms with Gasteiger partial charge in [0.2, 0.25) is 0 Å². The molecule has 1 amide bonds. The molecule has 1 aliphatic rings. The molecule has 6 heteroatoms. The maximum absolute atomic E-state index is 12.1. The molecule has 0 radical (unpaired) electrons. The third-order valence-corrected chi connectivity index (χ3v) is 4.58. The highest BCUT2D eigenvalue weighted by Crippen LogP contribution is 2.30. The summed E-state index contributed by atoms with van der Waals surface area (Å²) in [5.41, 5.74) is 1.58. The number of carbonyl (C=O) groups is 1. The standard InChI is InChI=1S/C16H21N3O2S/c1-16(2,3)21-15(20)19-9-8-11(10-19)22-14-17-12-6-4-5-7-13(12)18-14/h4-7,11H,8-10H2,1-3H3,(H,17,18). The fourth-order valence-corrected chi connectivity index (χ4v) is 3.57. The van der Waals surface area contributed by atoms with E-state index in [-0.39, 0.29) is 6.09 Å². The van der Waals surface area contributed by atoms with E-state index in [0.29, 0.717) is 11.8 Å². The average molecular weight is 319 g/mol. The van der Waals surface area contributed by atoms with Gasteiger partial charge in [-0.2, -0.15) is 0 Å². The molecular weight excluding hydrogens is 298 g/mol. The third kappa shape index (κ3) is 3.55. The minimum absolute atomic E-state index is 0.222. The van der Waals surface area contributed by atoms with Gasteiger partial charge in [0, 0.05) is 18.3 Å². The van der Waals surface area contributed by atoms with Crippen molar-refractivity contribution >= 4 is 28.9 Å². The number of nitrogens with zero attached hydrogens (tertiary/aromatic N) is 2. The van der Waals surface area contributed by atoms with Gasteiger partial charge in [0.25, 0.3) is 0 Å². The Kier molecular flexibility index (Phi) is 4.04. The van der Waals surface area contributed by atoms with Crippen LogP contribution in [0.15, 0.2) is 29.4 Å². The molecule has 1 atom stereocenters. The number of benzene rings is 1. The zero-order valence-electron chi connectivity index (χ0n) is 13.1. The molecule has 1 aliphatic heterocycles. The van der Waals surface area contributed by atoms with E-state index >= 15 is 0 Å². The number of thioether (sulfide) groups is 1. The van der Waals surface area contributed by atoms with Gasteiger partial charge in [0.15, 0.2) is 5.16 Å². The van der Waals surface area contributed by atoms with Crippen molar-refractivity contribution in [1.29, 1.82) is 0 Å². The maximum atomic E-state index is 12.1. The van der Waals surface area contributed by atoms with Gasteiger partial charge in [-0.1, -0.05) is 23.9 Å². The Bertz CT molecular complexity index is 644. The summed E-state index contributed by atoms with van der Waals surface area (Å²) >= 11 is 1.70. The quantitative estimate of drug-likeness (QED) is 0.917. The van der Waals surface area contributed by atoms with Crippen LogP contribution in [-0.4, -0.2) is 44.9 Å². The van der Waals surface area contributed by atoms with Crippen molar-refractivity contribution in [3.8, 4) is 0 Å². The smallest absolute Gasteiger partial charge is 0.410 e. The first kappa shape index (κ1) is 15.2. The molecule has 1 saturated heterocycles. The lowest BCUT2D eigenvalue weighted by Gasteiger charge is -2.24. The molecule has 5 nitrogen and oxygen atoms in total. The molecule has 1 aromatic heterocycles. The molecule has 1 N–H and O–H groups in total. The van der Waals surface area contributed by atoms with Crippen LogP contribution in [0.4, 0.5) is 4.79 Å². The maximum Gasteiger partial charge on any atom is 0.410 e. The van der Waals surface area contributed by atoms with Crippen molar-refractivity contribution in [1.82, 2.24) is 14.9 Å². The van der Waals surface area contributed by atoms with Crippen molar-refractivity contribution in [3.63, 3.8) is 0 Å². The molecule has 0 spiro atoms. The summed E-state index contributed by atoms with van der Waals surface area (Å²) in [6, 6.07) is 8.00. The Balaban J connectivity index is 1.60. The summed E-state index contributed by atoms with van der Waals surface area (Å²) in [4.78, 5) is 21.8. The molecular formula is C16H21N3O2S. The zero-order chi connectivity index (χ0) is 15.7. The SMILES string of the molecule is CC(C)(C)OC(=O)N1CCC(Sc2nc3ccccc3[nH]2)C1. The third-order valence-electron chi connectivity index (χ3n) is 3.44. The van der Waals surface area contributed by atoms with E-state index in [9.17, 15) is 4.79 Å². The number of hydrogen-bond donors (Lipinski definition) is 1. The number of fused-ring (bicyclic) bond motifs is 1. The summed E-state index contributed by atoms with van der Waals surface area (Å²) in [5.74, 6) is 0. The van der Waals surface area contributed by atoms with Gasteiger partial charge in [-0.3, -0.25) is 0 Å². The Labute approximate surface area is 134 Å². The summed E-state index contributed by atoms with van der Waals surface area (Å²) in [7, 11) is 0. The van der Waals surface area contributed by atoms with Crippen molar-refractivity contribution < 1.29 is 9.53 Å². The first-order valence-electron chi connectivity index (χ1n) is 7.50. The molecule has 1 aromatic carbocycles. The van der Waals surface area contributed by atoms with E-state index in [1.165, 1.54) is 0 Å². The molecule has 0 saturated carbocycles. The Morgan fingerprint density at radius 3 is 2.91 bits per heavy atom. The van der Waals surface area contributed by atoms with Crippen molar-refractivity contribution in [2.24, 2.45) is 0 Å². The van der Waals surface area contributed by atoms with Crippen LogP contribution in [0.5, 0.6) is 0 Å². The van der Waals surface area contributed by atoms with Crippen LogP contribution in [0.2, 0.25) is 0 Å². The highest BCUT2D eigenvalue weighted by molar-refractivity contribution is 7.99. The molecule has 118 valence electrons. The molecule has 0 aliphatic carbocycles. The minimum atomic E-state index is -0.443. The van der Waals surface area contributed by atoms with Gasteiger partial charge >= 0.3 is 6.09 Å². The monoisotopic (exact) mass is 319 g/mol. The number of aromatic amines is 1. The molecule has 22 heavy (non-hydrogen) atoms. The summed E-state index contributed by atoms with van der Waals surface area (Å²) in [6.07, 6.45) is 0.737. The molecule has 1 unspecified atom stereocenters. The van der Waals surface area contributed by atoms with Gasteiger partial charge in [-0.25, -0.2) is 9.78 Å². The van der Waals surface area contributed by atoms with E-state index in [1.54, 1.807) is 16.7 Å².